The van der Waals surface area contributed by atoms with Gasteiger partial charge in [0.1, 0.15) is 0 Å². The van der Waals surface area contributed by atoms with Crippen LogP contribution in [-0.4, -0.2) is 0 Å². The van der Waals surface area contributed by atoms with E-state index in [0.29, 0.717) is 0 Å². The highest BCUT2D eigenvalue weighted by molar-refractivity contribution is 5.67. The van der Waals surface area contributed by atoms with Crippen molar-refractivity contribution < 1.29 is 0 Å². The molecule has 0 fully saturated rings. The second-order valence-corrected chi connectivity index (χ2v) is 3.68. The Morgan fingerprint density at radius 3 is 2.21 bits per heavy atom. The molecule has 0 atom stereocenters. The summed E-state index contributed by atoms with van der Waals surface area (Å²) in [6.45, 7) is 4.29. The Bertz CT molecular complexity index is 427. The predicted molar refractivity (Wildman–Crippen MR) is 61.4 cm³/mol. The zero-order chi connectivity index (χ0) is 9.97. The smallest absolute Gasteiger partial charge is 0.0152 e. The van der Waals surface area contributed by atoms with Crippen molar-refractivity contribution in [2.45, 2.75) is 13.8 Å². The van der Waals surface area contributed by atoms with E-state index in [9.17, 15) is 0 Å². The van der Waals surface area contributed by atoms with Crippen molar-refractivity contribution in [2.75, 3.05) is 0 Å². The number of hydrogen-bond acceptors (Lipinski definition) is 0. The summed E-state index contributed by atoms with van der Waals surface area (Å²) in [5.41, 5.74) is 5.29. The fourth-order valence-corrected chi connectivity index (χ4v) is 1.66. The highest BCUT2D eigenvalue weighted by atomic mass is 14.0. The van der Waals surface area contributed by atoms with E-state index in [1.165, 1.54) is 22.3 Å². The van der Waals surface area contributed by atoms with Crippen molar-refractivity contribution in [3.05, 3.63) is 59.7 Å². The van der Waals surface area contributed by atoms with Crippen LogP contribution in [0.5, 0.6) is 0 Å². The predicted octanol–water partition coefficient (Wildman–Crippen LogP) is 3.97. The minimum atomic E-state index is 1.30. The van der Waals surface area contributed by atoms with Crippen LogP contribution < -0.4 is 0 Å². The molecule has 2 aromatic carbocycles. The molecule has 70 valence electrons. The molecular formula is C14H14. The number of hydrogen-bond donors (Lipinski definition) is 0. The van der Waals surface area contributed by atoms with Crippen LogP contribution in [0.15, 0.2) is 48.5 Å². The number of benzene rings is 2. The molecule has 0 aliphatic rings. The lowest BCUT2D eigenvalue weighted by Crippen LogP contribution is -1.83. The van der Waals surface area contributed by atoms with Crippen LogP contribution >= 0.6 is 0 Å². The van der Waals surface area contributed by atoms with Gasteiger partial charge in [-0.2, -0.15) is 0 Å². The maximum absolute atomic E-state index is 2.24. The van der Waals surface area contributed by atoms with Gasteiger partial charge < -0.3 is 0 Å². The van der Waals surface area contributed by atoms with Gasteiger partial charge in [0, 0.05) is 0 Å². The first-order valence-electron chi connectivity index (χ1n) is 4.90. The van der Waals surface area contributed by atoms with E-state index in [-0.39, 0.29) is 0 Å². The first-order valence-corrected chi connectivity index (χ1v) is 4.90. The summed E-state index contributed by atoms with van der Waals surface area (Å²) >= 11 is 0. The second kappa shape index (κ2) is 3.67. The molecule has 0 amide bonds. The van der Waals surface area contributed by atoms with Gasteiger partial charge in [-0.3, -0.25) is 0 Å². The van der Waals surface area contributed by atoms with Gasteiger partial charge in [-0.05, 0) is 30.5 Å². The molecule has 0 aromatic heterocycles. The van der Waals surface area contributed by atoms with Crippen molar-refractivity contribution in [1.29, 1.82) is 0 Å². The van der Waals surface area contributed by atoms with Gasteiger partial charge >= 0.3 is 0 Å². The summed E-state index contributed by atoms with van der Waals surface area (Å²) in [4.78, 5) is 0. The molecule has 0 N–H and O–H groups in total. The van der Waals surface area contributed by atoms with Crippen LogP contribution in [0.25, 0.3) is 11.1 Å². The number of aryl methyl sites for hydroxylation is 2. The van der Waals surface area contributed by atoms with Gasteiger partial charge in [0.15, 0.2) is 0 Å². The van der Waals surface area contributed by atoms with E-state index >= 15 is 0 Å². The molecule has 0 heteroatoms. The Labute approximate surface area is 85.2 Å². The standard InChI is InChI=1S/C14H14/c1-11-8-9-12(2)14(10-11)13-6-4-3-5-7-13/h3-10H,1-2H3. The Morgan fingerprint density at radius 1 is 0.786 bits per heavy atom. The molecule has 0 heterocycles. The van der Waals surface area contributed by atoms with E-state index in [0.717, 1.165) is 0 Å². The molecule has 0 bridgehead atoms. The molecule has 0 unspecified atom stereocenters. The summed E-state index contributed by atoms with van der Waals surface area (Å²) in [6, 6.07) is 17.1. The van der Waals surface area contributed by atoms with Crippen molar-refractivity contribution in [3.63, 3.8) is 0 Å². The van der Waals surface area contributed by atoms with Crippen LogP contribution in [0.1, 0.15) is 11.1 Å². The number of rotatable bonds is 1. The molecule has 2 rings (SSSR count). The van der Waals surface area contributed by atoms with Crippen LogP contribution in [-0.2, 0) is 0 Å². The lowest BCUT2D eigenvalue weighted by atomic mass is 9.99. The molecule has 2 aromatic rings. The molecule has 0 saturated carbocycles. The highest BCUT2D eigenvalue weighted by Gasteiger charge is 2.00. The van der Waals surface area contributed by atoms with Crippen molar-refractivity contribution in [2.24, 2.45) is 0 Å². The maximum atomic E-state index is 2.24. The van der Waals surface area contributed by atoms with Gasteiger partial charge in [0.2, 0.25) is 0 Å². The minimum Gasteiger partial charge on any atom is -0.0622 e. The largest absolute Gasteiger partial charge is 0.0622 e. The third-order valence-corrected chi connectivity index (χ3v) is 2.48. The lowest BCUT2D eigenvalue weighted by molar-refractivity contribution is 1.39. The third-order valence-electron chi connectivity index (χ3n) is 2.48. The fourth-order valence-electron chi connectivity index (χ4n) is 1.66. The summed E-state index contributed by atoms with van der Waals surface area (Å²) in [5.74, 6) is 0. The Hall–Kier alpha value is -1.56. The van der Waals surface area contributed by atoms with Gasteiger partial charge in [0.25, 0.3) is 0 Å². The first kappa shape index (κ1) is 9.01. The quantitative estimate of drug-likeness (QED) is 0.626. The Kier molecular flexibility index (Phi) is 2.36. The zero-order valence-electron chi connectivity index (χ0n) is 8.62. The molecule has 0 nitrogen and oxygen atoms in total. The highest BCUT2D eigenvalue weighted by Crippen LogP contribution is 2.23. The zero-order valence-corrected chi connectivity index (χ0v) is 8.62. The van der Waals surface area contributed by atoms with Gasteiger partial charge in [-0.15, -0.1) is 0 Å². The molecule has 0 aliphatic heterocycles. The molecule has 0 saturated heterocycles. The van der Waals surface area contributed by atoms with Crippen LogP contribution in [0, 0.1) is 13.8 Å². The topological polar surface area (TPSA) is 0 Å². The average Bonchev–Trinajstić information content (AvgIpc) is 2.23. The van der Waals surface area contributed by atoms with E-state index < -0.39 is 0 Å². The van der Waals surface area contributed by atoms with Gasteiger partial charge in [-0.25, -0.2) is 0 Å². The summed E-state index contributed by atoms with van der Waals surface area (Å²) in [6.07, 6.45) is 0. The van der Waals surface area contributed by atoms with Crippen molar-refractivity contribution >= 4 is 0 Å². The summed E-state index contributed by atoms with van der Waals surface area (Å²) in [5, 5.41) is 0. The Balaban J connectivity index is 2.57. The molecule has 0 spiro atoms. The SMILES string of the molecule is Cc1ccc(C)c(-c2ccccc2)c1. The molecule has 0 radical (unpaired) electrons. The second-order valence-electron chi connectivity index (χ2n) is 3.68. The molecule has 0 aliphatic carbocycles. The maximum Gasteiger partial charge on any atom is -0.0152 e. The van der Waals surface area contributed by atoms with Crippen LogP contribution in [0.4, 0.5) is 0 Å². The van der Waals surface area contributed by atoms with Crippen LogP contribution in [0.3, 0.4) is 0 Å². The normalized spacial score (nSPS) is 10.1. The fraction of sp³-hybridized carbons (Fsp3) is 0.143. The van der Waals surface area contributed by atoms with Crippen LogP contribution in [0.2, 0.25) is 0 Å². The monoisotopic (exact) mass is 182 g/mol. The summed E-state index contributed by atoms with van der Waals surface area (Å²) in [7, 11) is 0. The van der Waals surface area contributed by atoms with E-state index in [1.807, 2.05) is 0 Å². The lowest BCUT2D eigenvalue weighted by Gasteiger charge is -2.06. The summed E-state index contributed by atoms with van der Waals surface area (Å²) < 4.78 is 0. The van der Waals surface area contributed by atoms with Crippen molar-refractivity contribution in [3.8, 4) is 11.1 Å². The van der Waals surface area contributed by atoms with Gasteiger partial charge in [-0.1, -0.05) is 54.1 Å². The van der Waals surface area contributed by atoms with E-state index in [2.05, 4.69) is 62.4 Å². The molecular weight excluding hydrogens is 168 g/mol. The Morgan fingerprint density at radius 2 is 1.50 bits per heavy atom. The average molecular weight is 182 g/mol. The van der Waals surface area contributed by atoms with E-state index in [4.69, 9.17) is 0 Å². The van der Waals surface area contributed by atoms with Crippen molar-refractivity contribution in [1.82, 2.24) is 0 Å². The molecule has 14 heavy (non-hydrogen) atoms. The van der Waals surface area contributed by atoms with E-state index in [1.54, 1.807) is 0 Å². The minimum absolute atomic E-state index is 1.30. The third kappa shape index (κ3) is 1.69. The first-order chi connectivity index (χ1) is 6.77. The van der Waals surface area contributed by atoms with Gasteiger partial charge in [0.05, 0.1) is 0 Å².